The normalized spacial score (nSPS) is 10.8. The maximum Gasteiger partial charge on any atom is 0.349 e. The topological polar surface area (TPSA) is 101 Å². The van der Waals surface area contributed by atoms with Gasteiger partial charge in [0.15, 0.2) is 6.61 Å². The molecule has 0 aliphatic carbocycles. The monoisotopic (exact) mass is 405 g/mol. The third-order valence-electron chi connectivity index (χ3n) is 3.98. The number of nitrogens with zero attached hydrogens (tertiary/aromatic N) is 1. The summed E-state index contributed by atoms with van der Waals surface area (Å²) < 4.78 is 5.10. The smallest absolute Gasteiger partial charge is 0.349 e. The van der Waals surface area contributed by atoms with Crippen LogP contribution in [0.15, 0.2) is 23.0 Å². The Hall–Kier alpha value is -2.71. The van der Waals surface area contributed by atoms with Crippen LogP contribution in [0.25, 0.3) is 10.2 Å². The van der Waals surface area contributed by atoms with Crippen LogP contribution in [-0.4, -0.2) is 28.5 Å². The standard InChI is InChI=1S/C18H16ClN3O4S/c1-8-11(19)5-4-6-12(8)22-13(23)7-26-18(25)15-9(2)14-16(24)20-10(3)21-17(14)27-15/h4-6H,7H2,1-3H3,(H,22,23)(H,20,21,24). The van der Waals surface area contributed by atoms with Gasteiger partial charge >= 0.3 is 5.97 Å². The first-order valence-corrected chi connectivity index (χ1v) is 9.19. The predicted octanol–water partition coefficient (Wildman–Crippen LogP) is 3.36. The number of aryl methyl sites for hydroxylation is 2. The summed E-state index contributed by atoms with van der Waals surface area (Å²) >= 11 is 7.08. The van der Waals surface area contributed by atoms with Gasteiger partial charge in [-0.2, -0.15) is 0 Å². The molecule has 3 aromatic rings. The van der Waals surface area contributed by atoms with E-state index in [1.165, 1.54) is 0 Å². The van der Waals surface area contributed by atoms with E-state index in [1.54, 1.807) is 39.0 Å². The number of hydrogen-bond acceptors (Lipinski definition) is 6. The number of amides is 1. The maximum absolute atomic E-state index is 12.4. The van der Waals surface area contributed by atoms with Crippen LogP contribution in [0.2, 0.25) is 5.02 Å². The molecule has 0 fully saturated rings. The highest BCUT2D eigenvalue weighted by molar-refractivity contribution is 7.20. The van der Waals surface area contributed by atoms with Gasteiger partial charge in [0.25, 0.3) is 11.5 Å². The third-order valence-corrected chi connectivity index (χ3v) is 5.56. The van der Waals surface area contributed by atoms with Crippen molar-refractivity contribution in [2.45, 2.75) is 20.8 Å². The molecular weight excluding hydrogens is 390 g/mol. The minimum atomic E-state index is -0.675. The van der Waals surface area contributed by atoms with E-state index in [0.717, 1.165) is 16.9 Å². The second kappa shape index (κ2) is 7.50. The number of benzene rings is 1. The average Bonchev–Trinajstić information content (AvgIpc) is 2.93. The quantitative estimate of drug-likeness (QED) is 0.648. The summed E-state index contributed by atoms with van der Waals surface area (Å²) in [7, 11) is 0. The fourth-order valence-corrected chi connectivity index (χ4v) is 3.87. The number of H-pyrrole nitrogens is 1. The lowest BCUT2D eigenvalue weighted by Crippen LogP contribution is -2.21. The molecule has 0 unspecified atom stereocenters. The summed E-state index contributed by atoms with van der Waals surface area (Å²) in [6.45, 7) is 4.63. The molecule has 0 saturated heterocycles. The highest BCUT2D eigenvalue weighted by atomic mass is 35.5. The first-order valence-electron chi connectivity index (χ1n) is 8.00. The SMILES string of the molecule is Cc1nc2sc(C(=O)OCC(=O)Nc3cccc(Cl)c3C)c(C)c2c(=O)[nH]1. The number of nitrogens with one attached hydrogen (secondary N) is 2. The molecule has 0 aliphatic heterocycles. The number of fused-ring (bicyclic) bond motifs is 1. The van der Waals surface area contributed by atoms with Crippen molar-refractivity contribution in [2.75, 3.05) is 11.9 Å². The molecule has 2 heterocycles. The van der Waals surface area contributed by atoms with Gasteiger partial charge in [-0.25, -0.2) is 9.78 Å². The molecule has 0 aliphatic rings. The van der Waals surface area contributed by atoms with Gasteiger partial charge in [-0.05, 0) is 44.0 Å². The van der Waals surface area contributed by atoms with Gasteiger partial charge in [0.2, 0.25) is 0 Å². The van der Waals surface area contributed by atoms with Gasteiger partial charge in [-0.1, -0.05) is 17.7 Å². The fourth-order valence-electron chi connectivity index (χ4n) is 2.57. The molecule has 0 saturated carbocycles. The minimum absolute atomic E-state index is 0.250. The second-order valence-electron chi connectivity index (χ2n) is 5.92. The Morgan fingerprint density at radius 3 is 2.74 bits per heavy atom. The van der Waals surface area contributed by atoms with E-state index in [0.29, 0.717) is 32.3 Å². The van der Waals surface area contributed by atoms with Crippen LogP contribution in [0.3, 0.4) is 0 Å². The Labute approximate surface area is 163 Å². The average molecular weight is 406 g/mol. The highest BCUT2D eigenvalue weighted by Crippen LogP contribution is 2.27. The lowest BCUT2D eigenvalue weighted by atomic mass is 10.2. The molecule has 9 heteroatoms. The van der Waals surface area contributed by atoms with Gasteiger partial charge in [-0.3, -0.25) is 9.59 Å². The lowest BCUT2D eigenvalue weighted by Gasteiger charge is -2.09. The van der Waals surface area contributed by atoms with E-state index < -0.39 is 18.5 Å². The van der Waals surface area contributed by atoms with Crippen LogP contribution in [0.4, 0.5) is 5.69 Å². The molecule has 3 rings (SSSR count). The van der Waals surface area contributed by atoms with Gasteiger partial charge in [0.1, 0.15) is 15.5 Å². The number of rotatable bonds is 4. The molecular formula is C18H16ClN3O4S. The molecule has 0 bridgehead atoms. The van der Waals surface area contributed by atoms with E-state index in [1.807, 2.05) is 0 Å². The van der Waals surface area contributed by atoms with Crippen LogP contribution in [0, 0.1) is 20.8 Å². The van der Waals surface area contributed by atoms with Crippen molar-refractivity contribution in [1.29, 1.82) is 0 Å². The highest BCUT2D eigenvalue weighted by Gasteiger charge is 2.21. The van der Waals surface area contributed by atoms with Crippen LogP contribution >= 0.6 is 22.9 Å². The van der Waals surface area contributed by atoms with Crippen LogP contribution in [-0.2, 0) is 9.53 Å². The predicted molar refractivity (Wildman–Crippen MR) is 105 cm³/mol. The number of carbonyl (C=O) groups is 2. The lowest BCUT2D eigenvalue weighted by molar-refractivity contribution is -0.119. The molecule has 1 aromatic carbocycles. The van der Waals surface area contributed by atoms with Crippen molar-refractivity contribution in [3.05, 3.63) is 55.4 Å². The Balaban J connectivity index is 1.72. The van der Waals surface area contributed by atoms with Crippen LogP contribution in [0.1, 0.15) is 26.6 Å². The van der Waals surface area contributed by atoms with Crippen LogP contribution < -0.4 is 10.9 Å². The van der Waals surface area contributed by atoms with Crippen molar-refractivity contribution >= 4 is 50.7 Å². The molecule has 2 N–H and O–H groups in total. The maximum atomic E-state index is 12.4. The van der Waals surface area contributed by atoms with Gasteiger partial charge in [0.05, 0.1) is 5.39 Å². The van der Waals surface area contributed by atoms with Gasteiger partial charge in [-0.15, -0.1) is 11.3 Å². The van der Waals surface area contributed by atoms with Crippen molar-refractivity contribution in [2.24, 2.45) is 0 Å². The van der Waals surface area contributed by atoms with E-state index in [2.05, 4.69) is 15.3 Å². The molecule has 0 atom stereocenters. The van der Waals surface area contributed by atoms with Crippen LogP contribution in [0.5, 0.6) is 0 Å². The largest absolute Gasteiger partial charge is 0.451 e. The number of anilines is 1. The first-order chi connectivity index (χ1) is 12.8. The Bertz CT molecular complexity index is 1120. The summed E-state index contributed by atoms with van der Waals surface area (Å²) in [4.78, 5) is 44.0. The molecule has 7 nitrogen and oxygen atoms in total. The number of thiophene rings is 1. The van der Waals surface area contributed by atoms with E-state index in [9.17, 15) is 14.4 Å². The summed E-state index contributed by atoms with van der Waals surface area (Å²) in [6, 6.07) is 5.13. The molecule has 1 amide bonds. The minimum Gasteiger partial charge on any atom is -0.451 e. The van der Waals surface area contributed by atoms with Crippen molar-refractivity contribution in [3.63, 3.8) is 0 Å². The molecule has 0 radical (unpaired) electrons. The van der Waals surface area contributed by atoms with Crippen molar-refractivity contribution in [1.82, 2.24) is 9.97 Å². The first kappa shape index (κ1) is 19.1. The van der Waals surface area contributed by atoms with E-state index in [4.69, 9.17) is 16.3 Å². The Morgan fingerprint density at radius 2 is 2.00 bits per heavy atom. The zero-order chi connectivity index (χ0) is 19.7. The second-order valence-corrected chi connectivity index (χ2v) is 7.33. The molecule has 140 valence electrons. The Morgan fingerprint density at radius 1 is 1.26 bits per heavy atom. The number of esters is 1. The van der Waals surface area contributed by atoms with Gasteiger partial charge < -0.3 is 15.0 Å². The van der Waals surface area contributed by atoms with E-state index >= 15 is 0 Å². The molecule has 0 spiro atoms. The summed E-state index contributed by atoms with van der Waals surface area (Å²) in [5.74, 6) is -0.699. The van der Waals surface area contributed by atoms with Crippen molar-refractivity contribution < 1.29 is 14.3 Å². The molecule has 27 heavy (non-hydrogen) atoms. The van der Waals surface area contributed by atoms with E-state index in [-0.39, 0.29) is 10.4 Å². The number of carbonyl (C=O) groups excluding carboxylic acids is 2. The summed E-state index contributed by atoms with van der Waals surface area (Å²) in [5, 5.41) is 3.54. The summed E-state index contributed by atoms with van der Waals surface area (Å²) in [5.41, 5.74) is 1.45. The fraction of sp³-hybridized carbons (Fsp3) is 0.222. The number of halogens is 1. The zero-order valence-corrected chi connectivity index (χ0v) is 16.4. The van der Waals surface area contributed by atoms with Crippen molar-refractivity contribution in [3.8, 4) is 0 Å². The number of aromatic nitrogens is 2. The zero-order valence-electron chi connectivity index (χ0n) is 14.8. The number of ether oxygens (including phenoxy) is 1. The Kier molecular flexibility index (Phi) is 5.29. The number of hydrogen-bond donors (Lipinski definition) is 2. The molecule has 2 aromatic heterocycles. The third kappa shape index (κ3) is 3.86. The number of aromatic amines is 1. The van der Waals surface area contributed by atoms with Gasteiger partial charge in [0, 0.05) is 10.7 Å². The summed E-state index contributed by atoms with van der Waals surface area (Å²) in [6.07, 6.45) is 0.